The first-order valence-corrected chi connectivity index (χ1v) is 6.61. The summed E-state index contributed by atoms with van der Waals surface area (Å²) < 4.78 is 1.72. The van der Waals surface area contributed by atoms with Crippen molar-refractivity contribution in [2.45, 2.75) is 36.2 Å². The van der Waals surface area contributed by atoms with E-state index in [2.05, 4.69) is 10.4 Å². The summed E-state index contributed by atoms with van der Waals surface area (Å²) in [5, 5.41) is 16.6. The molecule has 1 aliphatic carbocycles. The zero-order valence-electron chi connectivity index (χ0n) is 10.0. The first kappa shape index (κ1) is 12.4. The van der Waals surface area contributed by atoms with Gasteiger partial charge in [-0.3, -0.25) is 14.8 Å². The SMILES string of the molecule is Cn1cc(SCC(C)(NC2CC2)C(=O)O)cn1. The number of aromatic nitrogens is 2. The molecule has 17 heavy (non-hydrogen) atoms. The van der Waals surface area contributed by atoms with Gasteiger partial charge in [-0.1, -0.05) is 0 Å². The van der Waals surface area contributed by atoms with Gasteiger partial charge in [-0.15, -0.1) is 11.8 Å². The van der Waals surface area contributed by atoms with E-state index in [1.54, 1.807) is 17.8 Å². The fourth-order valence-electron chi connectivity index (χ4n) is 1.54. The number of hydrogen-bond acceptors (Lipinski definition) is 4. The number of nitrogens with one attached hydrogen (secondary N) is 1. The molecule has 1 aromatic rings. The number of rotatable bonds is 6. The van der Waals surface area contributed by atoms with E-state index < -0.39 is 11.5 Å². The van der Waals surface area contributed by atoms with Gasteiger partial charge in [0.1, 0.15) is 5.54 Å². The van der Waals surface area contributed by atoms with Gasteiger partial charge < -0.3 is 5.11 Å². The molecule has 0 bridgehead atoms. The molecular formula is C11H17N3O2S. The molecular weight excluding hydrogens is 238 g/mol. The monoisotopic (exact) mass is 255 g/mol. The van der Waals surface area contributed by atoms with Crippen LogP contribution in [-0.2, 0) is 11.8 Å². The third-order valence-electron chi connectivity index (χ3n) is 2.78. The van der Waals surface area contributed by atoms with Gasteiger partial charge in [-0.05, 0) is 19.8 Å². The van der Waals surface area contributed by atoms with Crippen LogP contribution in [0.2, 0.25) is 0 Å². The normalized spacial score (nSPS) is 18.9. The molecule has 0 amide bonds. The van der Waals surface area contributed by atoms with Crippen molar-refractivity contribution in [2.75, 3.05) is 5.75 Å². The van der Waals surface area contributed by atoms with Crippen LogP contribution in [0.15, 0.2) is 17.3 Å². The quantitative estimate of drug-likeness (QED) is 0.745. The number of carbonyl (C=O) groups is 1. The number of nitrogens with zero attached hydrogens (tertiary/aromatic N) is 2. The number of carboxylic acid groups (broad SMARTS) is 1. The lowest BCUT2D eigenvalue weighted by Crippen LogP contribution is -2.52. The zero-order chi connectivity index (χ0) is 12.5. The Balaban J connectivity index is 1.95. The summed E-state index contributed by atoms with van der Waals surface area (Å²) in [6, 6.07) is 0.380. The van der Waals surface area contributed by atoms with E-state index in [1.807, 2.05) is 13.2 Å². The van der Waals surface area contributed by atoms with Gasteiger partial charge >= 0.3 is 5.97 Å². The van der Waals surface area contributed by atoms with Crippen molar-refractivity contribution < 1.29 is 9.90 Å². The molecule has 0 spiro atoms. The van der Waals surface area contributed by atoms with Crippen LogP contribution >= 0.6 is 11.8 Å². The summed E-state index contributed by atoms with van der Waals surface area (Å²) in [5.74, 6) is -0.286. The minimum atomic E-state index is -0.859. The van der Waals surface area contributed by atoms with Gasteiger partial charge in [0.25, 0.3) is 0 Å². The molecule has 1 heterocycles. The van der Waals surface area contributed by atoms with E-state index in [0.717, 1.165) is 17.7 Å². The lowest BCUT2D eigenvalue weighted by Gasteiger charge is -2.25. The van der Waals surface area contributed by atoms with Crippen molar-refractivity contribution in [3.05, 3.63) is 12.4 Å². The van der Waals surface area contributed by atoms with Gasteiger partial charge in [-0.25, -0.2) is 0 Å². The molecule has 0 aliphatic heterocycles. The van der Waals surface area contributed by atoms with Gasteiger partial charge in [-0.2, -0.15) is 5.10 Å². The van der Waals surface area contributed by atoms with Gasteiger partial charge in [0.2, 0.25) is 0 Å². The van der Waals surface area contributed by atoms with Crippen LogP contribution in [0.4, 0.5) is 0 Å². The molecule has 2 rings (SSSR count). The Morgan fingerprint density at radius 3 is 2.94 bits per heavy atom. The highest BCUT2D eigenvalue weighted by molar-refractivity contribution is 7.99. The van der Waals surface area contributed by atoms with E-state index in [9.17, 15) is 9.90 Å². The van der Waals surface area contributed by atoms with Crippen LogP contribution in [-0.4, -0.2) is 38.2 Å². The van der Waals surface area contributed by atoms with Crippen molar-refractivity contribution in [2.24, 2.45) is 7.05 Å². The molecule has 5 nitrogen and oxygen atoms in total. The van der Waals surface area contributed by atoms with Crippen LogP contribution in [0.5, 0.6) is 0 Å². The summed E-state index contributed by atoms with van der Waals surface area (Å²) in [5.41, 5.74) is -0.859. The third-order valence-corrected chi connectivity index (χ3v) is 4.05. The largest absolute Gasteiger partial charge is 0.480 e. The highest BCUT2D eigenvalue weighted by Gasteiger charge is 2.38. The van der Waals surface area contributed by atoms with E-state index in [1.165, 1.54) is 11.8 Å². The van der Waals surface area contributed by atoms with Crippen molar-refractivity contribution >= 4 is 17.7 Å². The van der Waals surface area contributed by atoms with Crippen molar-refractivity contribution in [1.82, 2.24) is 15.1 Å². The average Bonchev–Trinajstić information content (AvgIpc) is 2.96. The minimum absolute atomic E-state index is 0.380. The number of thioether (sulfide) groups is 1. The molecule has 1 fully saturated rings. The molecule has 2 N–H and O–H groups in total. The summed E-state index contributed by atoms with van der Waals surface area (Å²) in [6.45, 7) is 1.75. The highest BCUT2D eigenvalue weighted by atomic mass is 32.2. The Morgan fingerprint density at radius 2 is 2.47 bits per heavy atom. The van der Waals surface area contributed by atoms with Crippen molar-refractivity contribution in [1.29, 1.82) is 0 Å². The first-order valence-electron chi connectivity index (χ1n) is 5.62. The number of aliphatic carboxylic acids is 1. The molecule has 1 saturated carbocycles. The van der Waals surface area contributed by atoms with Crippen molar-refractivity contribution in [3.8, 4) is 0 Å². The molecule has 6 heteroatoms. The summed E-state index contributed by atoms with van der Waals surface area (Å²) in [6.07, 6.45) is 5.81. The summed E-state index contributed by atoms with van der Waals surface area (Å²) in [7, 11) is 1.85. The van der Waals surface area contributed by atoms with E-state index in [0.29, 0.717) is 11.8 Å². The van der Waals surface area contributed by atoms with Crippen LogP contribution in [0.1, 0.15) is 19.8 Å². The predicted octanol–water partition coefficient (Wildman–Crippen LogP) is 1.11. The molecule has 1 atom stereocenters. The lowest BCUT2D eigenvalue weighted by molar-refractivity contribution is -0.143. The molecule has 1 aliphatic rings. The summed E-state index contributed by atoms with van der Waals surface area (Å²) in [4.78, 5) is 12.3. The topological polar surface area (TPSA) is 67.2 Å². The zero-order valence-corrected chi connectivity index (χ0v) is 10.8. The number of carboxylic acids is 1. The maximum atomic E-state index is 11.3. The summed E-state index contributed by atoms with van der Waals surface area (Å²) >= 11 is 1.52. The molecule has 0 saturated heterocycles. The van der Waals surface area contributed by atoms with Crippen LogP contribution < -0.4 is 5.32 Å². The van der Waals surface area contributed by atoms with E-state index in [4.69, 9.17) is 0 Å². The highest BCUT2D eigenvalue weighted by Crippen LogP contribution is 2.27. The molecule has 0 radical (unpaired) electrons. The number of aryl methyl sites for hydroxylation is 1. The Kier molecular flexibility index (Phi) is 3.44. The average molecular weight is 255 g/mol. The second-order valence-electron chi connectivity index (χ2n) is 4.69. The first-order chi connectivity index (χ1) is 7.99. The lowest BCUT2D eigenvalue weighted by atomic mass is 10.1. The third kappa shape index (κ3) is 3.23. The molecule has 1 unspecified atom stereocenters. The molecule has 0 aromatic carbocycles. The molecule has 1 aromatic heterocycles. The Labute approximate surface area is 105 Å². The minimum Gasteiger partial charge on any atom is -0.480 e. The maximum absolute atomic E-state index is 11.3. The Morgan fingerprint density at radius 1 is 1.76 bits per heavy atom. The van der Waals surface area contributed by atoms with Crippen LogP contribution in [0.3, 0.4) is 0 Å². The van der Waals surface area contributed by atoms with Crippen LogP contribution in [0.25, 0.3) is 0 Å². The van der Waals surface area contributed by atoms with Crippen molar-refractivity contribution in [3.63, 3.8) is 0 Å². The second-order valence-corrected chi connectivity index (χ2v) is 5.74. The standard InChI is InChI=1S/C11H17N3O2S/c1-11(10(15)16,13-8-3-4-8)7-17-9-5-12-14(2)6-9/h5-6,8,13H,3-4,7H2,1-2H3,(H,15,16). The predicted molar refractivity (Wildman–Crippen MR) is 66.1 cm³/mol. The maximum Gasteiger partial charge on any atom is 0.324 e. The molecule has 94 valence electrons. The van der Waals surface area contributed by atoms with Gasteiger partial charge in [0.15, 0.2) is 0 Å². The van der Waals surface area contributed by atoms with E-state index in [-0.39, 0.29) is 0 Å². The van der Waals surface area contributed by atoms with Crippen LogP contribution in [0, 0.1) is 0 Å². The second kappa shape index (κ2) is 4.70. The smallest absolute Gasteiger partial charge is 0.324 e. The Bertz CT molecular complexity index is 417. The van der Waals surface area contributed by atoms with Gasteiger partial charge in [0, 0.05) is 29.9 Å². The fourth-order valence-corrected chi connectivity index (χ4v) is 2.56. The Hall–Kier alpha value is -1.01. The fraction of sp³-hybridized carbons (Fsp3) is 0.636. The van der Waals surface area contributed by atoms with Gasteiger partial charge in [0.05, 0.1) is 6.20 Å². The number of hydrogen-bond donors (Lipinski definition) is 2. The van der Waals surface area contributed by atoms with E-state index >= 15 is 0 Å².